The van der Waals surface area contributed by atoms with Crippen LogP contribution in [0.4, 0.5) is 15.8 Å². The monoisotopic (exact) mass is 283 g/mol. The van der Waals surface area contributed by atoms with Crippen LogP contribution < -0.4 is 11.1 Å². The third kappa shape index (κ3) is 5.54. The van der Waals surface area contributed by atoms with E-state index in [1.807, 2.05) is 6.92 Å². The van der Waals surface area contributed by atoms with Crippen LogP contribution in [-0.2, 0) is 4.79 Å². The smallest absolute Gasteiger partial charge is 0.224 e. The molecule has 1 aromatic carbocycles. The maximum absolute atomic E-state index is 12.9. The largest absolute Gasteiger partial charge is 0.397 e. The average Bonchev–Trinajstić information content (AvgIpc) is 2.41. The summed E-state index contributed by atoms with van der Waals surface area (Å²) in [7, 11) is 0. The molecule has 0 radical (unpaired) electrons. The molecule has 0 saturated heterocycles. The number of aliphatic hydroxyl groups is 1. The van der Waals surface area contributed by atoms with E-state index in [4.69, 9.17) is 10.8 Å². The Morgan fingerprint density at radius 1 is 1.45 bits per heavy atom. The van der Waals surface area contributed by atoms with Crippen molar-refractivity contribution in [1.82, 2.24) is 4.90 Å². The summed E-state index contributed by atoms with van der Waals surface area (Å²) in [6.07, 6.45) is 1.06. The van der Waals surface area contributed by atoms with Crippen LogP contribution in [0.5, 0.6) is 0 Å². The minimum Gasteiger partial charge on any atom is -0.397 e. The zero-order valence-corrected chi connectivity index (χ0v) is 11.7. The van der Waals surface area contributed by atoms with Crippen molar-refractivity contribution in [3.63, 3.8) is 0 Å². The van der Waals surface area contributed by atoms with Gasteiger partial charge in [0.15, 0.2) is 0 Å². The van der Waals surface area contributed by atoms with Gasteiger partial charge in [-0.25, -0.2) is 4.39 Å². The molecule has 0 unspecified atom stereocenters. The Morgan fingerprint density at radius 2 is 2.20 bits per heavy atom. The van der Waals surface area contributed by atoms with Gasteiger partial charge in [0.1, 0.15) is 5.82 Å². The molecular weight excluding hydrogens is 261 g/mol. The maximum Gasteiger partial charge on any atom is 0.224 e. The van der Waals surface area contributed by atoms with Gasteiger partial charge in [0.25, 0.3) is 0 Å². The summed E-state index contributed by atoms with van der Waals surface area (Å²) in [4.78, 5) is 13.8. The van der Waals surface area contributed by atoms with Gasteiger partial charge in [0.05, 0.1) is 18.0 Å². The van der Waals surface area contributed by atoms with E-state index in [2.05, 4.69) is 10.2 Å². The third-order valence-corrected chi connectivity index (χ3v) is 3.03. The van der Waals surface area contributed by atoms with Crippen molar-refractivity contribution in [2.45, 2.75) is 19.8 Å². The number of likely N-dealkylation sites (N-methyl/N-ethyl adjacent to an activating group) is 1. The minimum absolute atomic E-state index is 0.117. The SMILES string of the molecule is CCN(CCO)CCCC(=O)Nc1ccc(F)cc1N. The number of aliphatic hydroxyl groups excluding tert-OH is 1. The first-order valence-electron chi connectivity index (χ1n) is 6.75. The number of nitrogen functional groups attached to an aromatic ring is 1. The second-order valence-electron chi connectivity index (χ2n) is 4.54. The Hall–Kier alpha value is -1.66. The number of nitrogens with one attached hydrogen (secondary N) is 1. The van der Waals surface area contributed by atoms with Crippen LogP contribution in [0, 0.1) is 5.82 Å². The van der Waals surface area contributed by atoms with E-state index in [0.29, 0.717) is 25.1 Å². The number of anilines is 2. The number of nitrogens with two attached hydrogens (primary N) is 1. The van der Waals surface area contributed by atoms with Crippen LogP contribution in [-0.4, -0.2) is 42.2 Å². The van der Waals surface area contributed by atoms with Gasteiger partial charge in [0.2, 0.25) is 5.91 Å². The molecular formula is C14H22FN3O2. The van der Waals surface area contributed by atoms with E-state index in [1.165, 1.54) is 18.2 Å². The molecule has 1 rings (SSSR count). The fraction of sp³-hybridized carbons (Fsp3) is 0.500. The lowest BCUT2D eigenvalue weighted by Crippen LogP contribution is -2.28. The van der Waals surface area contributed by atoms with Crippen LogP contribution in [0.2, 0.25) is 0 Å². The second kappa shape index (κ2) is 8.50. The van der Waals surface area contributed by atoms with Crippen molar-refractivity contribution in [3.8, 4) is 0 Å². The Bertz CT molecular complexity index is 440. The fourth-order valence-corrected chi connectivity index (χ4v) is 1.89. The van der Waals surface area contributed by atoms with Crippen LogP contribution in [0.1, 0.15) is 19.8 Å². The predicted molar refractivity (Wildman–Crippen MR) is 77.9 cm³/mol. The van der Waals surface area contributed by atoms with E-state index in [-0.39, 0.29) is 18.2 Å². The molecule has 0 fully saturated rings. The van der Waals surface area contributed by atoms with Gasteiger partial charge < -0.3 is 21.1 Å². The van der Waals surface area contributed by atoms with Crippen molar-refractivity contribution in [2.24, 2.45) is 0 Å². The highest BCUT2D eigenvalue weighted by molar-refractivity contribution is 5.93. The number of nitrogens with zero attached hydrogens (tertiary/aromatic N) is 1. The summed E-state index contributed by atoms with van der Waals surface area (Å²) in [6.45, 7) is 4.33. The minimum atomic E-state index is -0.428. The zero-order valence-electron chi connectivity index (χ0n) is 11.7. The van der Waals surface area contributed by atoms with Crippen molar-refractivity contribution in [1.29, 1.82) is 0 Å². The standard InChI is InChI=1S/C14H22FN3O2/c1-2-18(8-9-19)7-3-4-14(20)17-13-6-5-11(15)10-12(13)16/h5-6,10,19H,2-4,7-9,16H2,1H3,(H,17,20). The summed E-state index contributed by atoms with van der Waals surface area (Å²) in [5.74, 6) is -0.577. The Kier molecular flexibility index (Phi) is 6.97. The molecule has 0 heterocycles. The van der Waals surface area contributed by atoms with Crippen molar-refractivity contribution in [2.75, 3.05) is 37.3 Å². The summed E-state index contributed by atoms with van der Waals surface area (Å²) >= 11 is 0. The van der Waals surface area contributed by atoms with Crippen molar-refractivity contribution < 1.29 is 14.3 Å². The quantitative estimate of drug-likeness (QED) is 0.631. The second-order valence-corrected chi connectivity index (χ2v) is 4.54. The van der Waals surface area contributed by atoms with E-state index in [0.717, 1.165) is 13.1 Å². The molecule has 1 amide bonds. The number of carbonyl (C=O) groups is 1. The molecule has 0 aliphatic rings. The first-order chi connectivity index (χ1) is 9.56. The van der Waals surface area contributed by atoms with Gasteiger partial charge in [-0.05, 0) is 37.7 Å². The Morgan fingerprint density at radius 3 is 2.80 bits per heavy atom. The van der Waals surface area contributed by atoms with Gasteiger partial charge in [-0.15, -0.1) is 0 Å². The lowest BCUT2D eigenvalue weighted by Gasteiger charge is -2.18. The maximum atomic E-state index is 12.9. The fourth-order valence-electron chi connectivity index (χ4n) is 1.89. The number of hydrogen-bond acceptors (Lipinski definition) is 4. The lowest BCUT2D eigenvalue weighted by molar-refractivity contribution is -0.116. The Labute approximate surface area is 118 Å². The normalized spacial score (nSPS) is 10.8. The topological polar surface area (TPSA) is 78.6 Å². The van der Waals surface area contributed by atoms with Crippen LogP contribution in [0.25, 0.3) is 0 Å². The van der Waals surface area contributed by atoms with Crippen LogP contribution in [0.15, 0.2) is 18.2 Å². The number of rotatable bonds is 8. The first-order valence-corrected chi connectivity index (χ1v) is 6.75. The predicted octanol–water partition coefficient (Wildman–Crippen LogP) is 1.44. The van der Waals surface area contributed by atoms with Gasteiger partial charge in [0, 0.05) is 13.0 Å². The molecule has 6 heteroatoms. The van der Waals surface area contributed by atoms with Gasteiger partial charge >= 0.3 is 0 Å². The summed E-state index contributed by atoms with van der Waals surface area (Å²) in [5, 5.41) is 11.5. The molecule has 112 valence electrons. The van der Waals surface area contributed by atoms with Crippen LogP contribution >= 0.6 is 0 Å². The molecule has 5 nitrogen and oxygen atoms in total. The molecule has 0 aromatic heterocycles. The molecule has 20 heavy (non-hydrogen) atoms. The highest BCUT2D eigenvalue weighted by Crippen LogP contribution is 2.19. The van der Waals surface area contributed by atoms with Crippen molar-refractivity contribution in [3.05, 3.63) is 24.0 Å². The number of halogens is 1. The number of benzene rings is 1. The van der Waals surface area contributed by atoms with Gasteiger partial charge in [-0.2, -0.15) is 0 Å². The number of hydrogen-bond donors (Lipinski definition) is 3. The van der Waals surface area contributed by atoms with Gasteiger partial charge in [-0.3, -0.25) is 4.79 Å². The highest BCUT2D eigenvalue weighted by Gasteiger charge is 2.07. The summed E-state index contributed by atoms with van der Waals surface area (Å²) < 4.78 is 12.9. The Balaban J connectivity index is 2.36. The molecule has 4 N–H and O–H groups in total. The molecule has 0 aliphatic heterocycles. The molecule has 1 aromatic rings. The van der Waals surface area contributed by atoms with E-state index in [9.17, 15) is 9.18 Å². The van der Waals surface area contributed by atoms with E-state index < -0.39 is 5.82 Å². The molecule has 0 spiro atoms. The van der Waals surface area contributed by atoms with Crippen LogP contribution in [0.3, 0.4) is 0 Å². The van der Waals surface area contributed by atoms with Crippen molar-refractivity contribution >= 4 is 17.3 Å². The number of carbonyl (C=O) groups excluding carboxylic acids is 1. The lowest BCUT2D eigenvalue weighted by atomic mass is 10.2. The summed E-state index contributed by atoms with van der Waals surface area (Å²) in [6, 6.07) is 3.88. The molecule has 0 saturated carbocycles. The first kappa shape index (κ1) is 16.4. The molecule has 0 bridgehead atoms. The summed E-state index contributed by atoms with van der Waals surface area (Å²) in [5.41, 5.74) is 6.26. The number of amides is 1. The average molecular weight is 283 g/mol. The van der Waals surface area contributed by atoms with Gasteiger partial charge in [-0.1, -0.05) is 6.92 Å². The highest BCUT2D eigenvalue weighted by atomic mass is 19.1. The zero-order chi connectivity index (χ0) is 15.0. The van der Waals surface area contributed by atoms with E-state index >= 15 is 0 Å². The molecule has 0 atom stereocenters. The third-order valence-electron chi connectivity index (χ3n) is 3.03. The molecule has 0 aliphatic carbocycles. The van der Waals surface area contributed by atoms with E-state index in [1.54, 1.807) is 0 Å².